The van der Waals surface area contributed by atoms with Gasteiger partial charge in [0.05, 0.1) is 0 Å². The summed E-state index contributed by atoms with van der Waals surface area (Å²) >= 11 is 1.84. The van der Waals surface area contributed by atoms with Gasteiger partial charge < -0.3 is 5.32 Å². The Hall–Kier alpha value is -1.12. The molecule has 90 valence electrons. The molecule has 0 aliphatic carbocycles. The number of benzene rings is 1. The molecule has 1 nitrogen and oxygen atoms in total. The van der Waals surface area contributed by atoms with Crippen LogP contribution >= 0.6 is 11.3 Å². The first-order chi connectivity index (χ1) is 8.36. The number of hydrogen-bond acceptors (Lipinski definition) is 2. The molecule has 2 aromatic rings. The van der Waals surface area contributed by atoms with Gasteiger partial charge in [0.2, 0.25) is 0 Å². The minimum atomic E-state index is 0.583. The number of hydrogen-bond donors (Lipinski definition) is 1. The van der Waals surface area contributed by atoms with E-state index in [1.54, 1.807) is 0 Å². The van der Waals surface area contributed by atoms with Gasteiger partial charge in [-0.25, -0.2) is 0 Å². The Morgan fingerprint density at radius 1 is 1.12 bits per heavy atom. The van der Waals surface area contributed by atoms with E-state index in [0.29, 0.717) is 5.92 Å². The zero-order valence-electron chi connectivity index (χ0n) is 10.2. The Balaban J connectivity index is 1.68. The molecular formula is C15H19NS. The lowest BCUT2D eigenvalue weighted by molar-refractivity contribution is 0.617. The van der Waals surface area contributed by atoms with Gasteiger partial charge in [-0.2, -0.15) is 0 Å². The fourth-order valence-electron chi connectivity index (χ4n) is 1.88. The largest absolute Gasteiger partial charge is 0.316 e. The molecule has 2 heteroatoms. The Morgan fingerprint density at radius 3 is 2.65 bits per heavy atom. The average Bonchev–Trinajstić information content (AvgIpc) is 2.88. The fraction of sp³-hybridized carbons (Fsp3) is 0.333. The second-order valence-electron chi connectivity index (χ2n) is 4.35. The van der Waals surface area contributed by atoms with Crippen molar-refractivity contribution < 1.29 is 0 Å². The van der Waals surface area contributed by atoms with Crippen molar-refractivity contribution >= 4 is 11.3 Å². The van der Waals surface area contributed by atoms with E-state index in [1.165, 1.54) is 10.4 Å². The molecule has 0 spiro atoms. The van der Waals surface area contributed by atoms with Gasteiger partial charge in [-0.1, -0.05) is 43.3 Å². The molecule has 0 saturated carbocycles. The normalized spacial score (nSPS) is 12.5. The van der Waals surface area contributed by atoms with Gasteiger partial charge in [-0.3, -0.25) is 0 Å². The fourth-order valence-corrected chi connectivity index (χ4v) is 2.59. The number of nitrogens with one attached hydrogen (secondary N) is 1. The maximum Gasteiger partial charge on any atom is 0.00578 e. The van der Waals surface area contributed by atoms with Crippen LogP contribution in [-0.4, -0.2) is 13.1 Å². The summed E-state index contributed by atoms with van der Waals surface area (Å²) in [5, 5.41) is 5.67. The van der Waals surface area contributed by atoms with Crippen LogP contribution in [0.1, 0.15) is 23.3 Å². The summed E-state index contributed by atoms with van der Waals surface area (Å²) in [7, 11) is 0. The van der Waals surface area contributed by atoms with E-state index in [1.807, 2.05) is 11.3 Å². The number of thiophene rings is 1. The molecule has 2 rings (SSSR count). The van der Waals surface area contributed by atoms with E-state index in [4.69, 9.17) is 0 Å². The first-order valence-corrected chi connectivity index (χ1v) is 7.02. The van der Waals surface area contributed by atoms with Crippen molar-refractivity contribution in [1.29, 1.82) is 0 Å². The molecule has 0 amide bonds. The quantitative estimate of drug-likeness (QED) is 0.765. The van der Waals surface area contributed by atoms with Gasteiger partial charge in [-0.15, -0.1) is 11.3 Å². The van der Waals surface area contributed by atoms with Crippen LogP contribution in [0.25, 0.3) is 0 Å². The molecule has 1 atom stereocenters. The lowest BCUT2D eigenvalue weighted by Gasteiger charge is -2.12. The van der Waals surface area contributed by atoms with Crippen LogP contribution in [0.15, 0.2) is 47.8 Å². The Labute approximate surface area is 108 Å². The zero-order valence-corrected chi connectivity index (χ0v) is 11.0. The highest BCUT2D eigenvalue weighted by Crippen LogP contribution is 2.13. The third-order valence-electron chi connectivity index (χ3n) is 2.95. The molecule has 17 heavy (non-hydrogen) atoms. The summed E-state index contributed by atoms with van der Waals surface area (Å²) in [5.41, 5.74) is 1.41. The predicted molar refractivity (Wildman–Crippen MR) is 75.7 cm³/mol. The Morgan fingerprint density at radius 2 is 1.94 bits per heavy atom. The highest BCUT2D eigenvalue weighted by Gasteiger charge is 2.03. The third-order valence-corrected chi connectivity index (χ3v) is 3.88. The summed E-state index contributed by atoms with van der Waals surface area (Å²) in [6.07, 6.45) is 1.14. The molecule has 1 unspecified atom stereocenters. The van der Waals surface area contributed by atoms with Crippen molar-refractivity contribution in [2.75, 3.05) is 13.1 Å². The third kappa shape index (κ3) is 3.99. The van der Waals surface area contributed by atoms with Crippen molar-refractivity contribution in [1.82, 2.24) is 5.32 Å². The van der Waals surface area contributed by atoms with E-state index < -0.39 is 0 Å². The maximum atomic E-state index is 3.53. The predicted octanol–water partition coefficient (Wildman–Crippen LogP) is 3.68. The van der Waals surface area contributed by atoms with Crippen LogP contribution in [0.3, 0.4) is 0 Å². The van der Waals surface area contributed by atoms with Crippen molar-refractivity contribution in [3.8, 4) is 0 Å². The summed E-state index contributed by atoms with van der Waals surface area (Å²) in [6, 6.07) is 15.0. The molecule has 1 N–H and O–H groups in total. The number of rotatable bonds is 6. The Kier molecular flexibility index (Phi) is 4.77. The summed E-state index contributed by atoms with van der Waals surface area (Å²) in [6.45, 7) is 4.39. The van der Waals surface area contributed by atoms with Gasteiger partial charge in [0.25, 0.3) is 0 Å². The van der Waals surface area contributed by atoms with Crippen LogP contribution in [0.5, 0.6) is 0 Å². The molecule has 0 fully saturated rings. The molecular weight excluding hydrogens is 226 g/mol. The maximum absolute atomic E-state index is 3.53. The van der Waals surface area contributed by atoms with E-state index in [2.05, 4.69) is 60.1 Å². The van der Waals surface area contributed by atoms with Crippen molar-refractivity contribution in [3.63, 3.8) is 0 Å². The second kappa shape index (κ2) is 6.58. The minimum Gasteiger partial charge on any atom is -0.316 e. The van der Waals surface area contributed by atoms with Crippen LogP contribution in [0, 0.1) is 0 Å². The van der Waals surface area contributed by atoms with E-state index in [0.717, 1.165) is 19.5 Å². The lowest BCUT2D eigenvalue weighted by Crippen LogP contribution is -2.22. The SMILES string of the molecule is CC(CNCCc1cccs1)c1ccccc1. The molecule has 1 aromatic heterocycles. The summed E-state index contributed by atoms with van der Waals surface area (Å²) < 4.78 is 0. The molecule has 0 radical (unpaired) electrons. The molecule has 0 bridgehead atoms. The van der Waals surface area contributed by atoms with Crippen LogP contribution in [0.4, 0.5) is 0 Å². The monoisotopic (exact) mass is 245 g/mol. The van der Waals surface area contributed by atoms with Gasteiger partial charge in [-0.05, 0) is 35.9 Å². The smallest absolute Gasteiger partial charge is 0.00578 e. The van der Waals surface area contributed by atoms with Gasteiger partial charge in [0.15, 0.2) is 0 Å². The average molecular weight is 245 g/mol. The summed E-state index contributed by atoms with van der Waals surface area (Å²) in [5.74, 6) is 0.583. The highest BCUT2D eigenvalue weighted by atomic mass is 32.1. The molecule has 0 aliphatic heterocycles. The van der Waals surface area contributed by atoms with E-state index in [-0.39, 0.29) is 0 Å². The van der Waals surface area contributed by atoms with Crippen LogP contribution in [0.2, 0.25) is 0 Å². The van der Waals surface area contributed by atoms with Gasteiger partial charge >= 0.3 is 0 Å². The van der Waals surface area contributed by atoms with Crippen molar-refractivity contribution in [2.24, 2.45) is 0 Å². The van der Waals surface area contributed by atoms with Crippen LogP contribution < -0.4 is 5.32 Å². The molecule has 0 saturated heterocycles. The standard InChI is InChI=1S/C15H19NS/c1-13(14-6-3-2-4-7-14)12-16-10-9-15-8-5-11-17-15/h2-8,11,13,16H,9-10,12H2,1H3. The molecule has 1 aromatic carbocycles. The van der Waals surface area contributed by atoms with Crippen molar-refractivity contribution in [3.05, 3.63) is 58.3 Å². The van der Waals surface area contributed by atoms with Crippen molar-refractivity contribution in [2.45, 2.75) is 19.3 Å². The van der Waals surface area contributed by atoms with Gasteiger partial charge in [0.1, 0.15) is 0 Å². The molecule has 1 heterocycles. The zero-order chi connectivity index (χ0) is 11.9. The Bertz CT molecular complexity index is 408. The van der Waals surface area contributed by atoms with Crippen LogP contribution in [-0.2, 0) is 6.42 Å². The van der Waals surface area contributed by atoms with E-state index in [9.17, 15) is 0 Å². The first kappa shape index (κ1) is 12.3. The van der Waals surface area contributed by atoms with E-state index >= 15 is 0 Å². The molecule has 0 aliphatic rings. The first-order valence-electron chi connectivity index (χ1n) is 6.14. The lowest BCUT2D eigenvalue weighted by atomic mass is 10.0. The second-order valence-corrected chi connectivity index (χ2v) is 5.38. The van der Waals surface area contributed by atoms with Gasteiger partial charge in [0, 0.05) is 11.4 Å². The minimum absolute atomic E-state index is 0.583. The topological polar surface area (TPSA) is 12.0 Å². The summed E-state index contributed by atoms with van der Waals surface area (Å²) in [4.78, 5) is 1.46. The highest BCUT2D eigenvalue weighted by molar-refractivity contribution is 7.09.